The van der Waals surface area contributed by atoms with Crippen LogP contribution in [0.4, 0.5) is 5.69 Å². The normalized spacial score (nSPS) is 19.5. The van der Waals surface area contributed by atoms with Crippen molar-refractivity contribution in [3.63, 3.8) is 0 Å². The molecule has 0 saturated heterocycles. The molecule has 1 atom stereocenters. The van der Waals surface area contributed by atoms with Gasteiger partial charge in [0.05, 0.1) is 0 Å². The van der Waals surface area contributed by atoms with Crippen LogP contribution in [0, 0.1) is 0 Å². The summed E-state index contributed by atoms with van der Waals surface area (Å²) in [6.07, 6.45) is 2.47. The predicted molar refractivity (Wildman–Crippen MR) is 59.9 cm³/mol. The fourth-order valence-corrected chi connectivity index (χ4v) is 2.03. The van der Waals surface area contributed by atoms with Gasteiger partial charge in [-0.15, -0.1) is 12.4 Å². The highest BCUT2D eigenvalue weighted by Gasteiger charge is 2.23. The number of nitrogens with zero attached hydrogens (tertiary/aromatic N) is 1. The summed E-state index contributed by atoms with van der Waals surface area (Å²) in [6, 6.07) is 9.42. The molecule has 0 N–H and O–H groups in total. The van der Waals surface area contributed by atoms with Gasteiger partial charge in [-0.25, -0.2) is 0 Å². The second-order valence-electron chi connectivity index (χ2n) is 3.51. The van der Waals surface area contributed by atoms with E-state index in [9.17, 15) is 0 Å². The first kappa shape index (κ1) is 10.4. The van der Waals surface area contributed by atoms with Crippen molar-refractivity contribution in [2.24, 2.45) is 0 Å². The molecule has 0 radical (unpaired) electrons. The second-order valence-corrected chi connectivity index (χ2v) is 3.51. The third-order valence-electron chi connectivity index (χ3n) is 2.85. The van der Waals surface area contributed by atoms with Crippen LogP contribution in [-0.2, 0) is 6.42 Å². The van der Waals surface area contributed by atoms with Gasteiger partial charge >= 0.3 is 0 Å². The number of hydrogen-bond donors (Lipinski definition) is 0. The third-order valence-corrected chi connectivity index (χ3v) is 2.85. The van der Waals surface area contributed by atoms with E-state index in [2.05, 4.69) is 43.1 Å². The lowest BCUT2D eigenvalue weighted by Crippen LogP contribution is -2.26. The Hall–Kier alpha value is -0.690. The smallest absolute Gasteiger partial charge is 0.0399 e. The van der Waals surface area contributed by atoms with Crippen LogP contribution in [-0.4, -0.2) is 13.1 Å². The summed E-state index contributed by atoms with van der Waals surface area (Å²) in [5.41, 5.74) is 2.93. The number of rotatable bonds is 1. The van der Waals surface area contributed by atoms with Gasteiger partial charge in [0.15, 0.2) is 0 Å². The van der Waals surface area contributed by atoms with E-state index in [1.54, 1.807) is 0 Å². The molecular weight excluding hydrogens is 182 g/mol. The van der Waals surface area contributed by atoms with Crippen molar-refractivity contribution in [2.75, 3.05) is 11.9 Å². The Morgan fingerprint density at radius 2 is 2.08 bits per heavy atom. The van der Waals surface area contributed by atoms with E-state index in [1.165, 1.54) is 24.1 Å². The summed E-state index contributed by atoms with van der Waals surface area (Å²) in [4.78, 5) is 2.40. The van der Waals surface area contributed by atoms with Crippen LogP contribution in [0.3, 0.4) is 0 Å². The standard InChI is InChI=1S/C11H15N.ClH/c1-3-10-8-9-6-4-5-7-11(9)12(10)2;/h4-7,10H,3,8H2,1-2H3;1H. The molecule has 0 bridgehead atoms. The van der Waals surface area contributed by atoms with Gasteiger partial charge < -0.3 is 4.90 Å². The Morgan fingerprint density at radius 3 is 2.69 bits per heavy atom. The SMILES string of the molecule is CCC1Cc2ccccc2N1C.Cl. The Bertz CT molecular complexity index is 285. The van der Waals surface area contributed by atoms with Crippen molar-refractivity contribution in [2.45, 2.75) is 25.8 Å². The van der Waals surface area contributed by atoms with Crippen LogP contribution < -0.4 is 4.90 Å². The maximum atomic E-state index is 2.40. The van der Waals surface area contributed by atoms with Gasteiger partial charge in [-0.1, -0.05) is 25.1 Å². The molecule has 1 aliphatic heterocycles. The van der Waals surface area contributed by atoms with Gasteiger partial charge in [0, 0.05) is 18.8 Å². The number of anilines is 1. The number of hydrogen-bond acceptors (Lipinski definition) is 1. The molecule has 72 valence electrons. The average Bonchev–Trinajstić information content (AvgIpc) is 2.44. The summed E-state index contributed by atoms with van der Waals surface area (Å²) in [6.45, 7) is 2.26. The third kappa shape index (κ3) is 1.66. The van der Waals surface area contributed by atoms with Crippen molar-refractivity contribution >= 4 is 18.1 Å². The quantitative estimate of drug-likeness (QED) is 0.669. The number of fused-ring (bicyclic) bond motifs is 1. The van der Waals surface area contributed by atoms with Gasteiger partial charge in [-0.3, -0.25) is 0 Å². The molecule has 0 saturated carbocycles. The van der Waals surface area contributed by atoms with Crippen LogP contribution >= 0.6 is 12.4 Å². The molecule has 0 aromatic heterocycles. The fourth-order valence-electron chi connectivity index (χ4n) is 2.03. The first-order chi connectivity index (χ1) is 5.83. The Morgan fingerprint density at radius 1 is 1.38 bits per heavy atom. The zero-order valence-electron chi connectivity index (χ0n) is 8.16. The van der Waals surface area contributed by atoms with Crippen LogP contribution in [0.5, 0.6) is 0 Å². The first-order valence-electron chi connectivity index (χ1n) is 4.63. The van der Waals surface area contributed by atoms with Gasteiger partial charge in [0.25, 0.3) is 0 Å². The predicted octanol–water partition coefficient (Wildman–Crippen LogP) is 2.88. The monoisotopic (exact) mass is 197 g/mol. The topological polar surface area (TPSA) is 3.24 Å². The molecule has 0 fully saturated rings. The van der Waals surface area contributed by atoms with Crippen LogP contribution in [0.2, 0.25) is 0 Å². The minimum absolute atomic E-state index is 0. The van der Waals surface area contributed by atoms with Gasteiger partial charge in [0.1, 0.15) is 0 Å². The zero-order chi connectivity index (χ0) is 8.55. The molecule has 1 aromatic rings. The molecule has 1 heterocycles. The zero-order valence-corrected chi connectivity index (χ0v) is 8.97. The fraction of sp³-hybridized carbons (Fsp3) is 0.455. The van der Waals surface area contributed by atoms with Crippen molar-refractivity contribution in [3.05, 3.63) is 29.8 Å². The molecule has 0 spiro atoms. The molecule has 1 unspecified atom stereocenters. The Balaban J connectivity index is 0.000000845. The van der Waals surface area contributed by atoms with E-state index in [0.717, 1.165) is 6.04 Å². The Kier molecular flexibility index (Phi) is 3.21. The van der Waals surface area contributed by atoms with Crippen molar-refractivity contribution in [3.8, 4) is 0 Å². The lowest BCUT2D eigenvalue weighted by atomic mass is 10.1. The van der Waals surface area contributed by atoms with Crippen LogP contribution in [0.1, 0.15) is 18.9 Å². The molecule has 1 nitrogen and oxygen atoms in total. The van der Waals surface area contributed by atoms with Crippen molar-refractivity contribution < 1.29 is 0 Å². The summed E-state index contributed by atoms with van der Waals surface area (Å²) in [5, 5.41) is 0. The minimum atomic E-state index is 0. The van der Waals surface area contributed by atoms with Crippen molar-refractivity contribution in [1.29, 1.82) is 0 Å². The summed E-state index contributed by atoms with van der Waals surface area (Å²) in [7, 11) is 2.19. The van der Waals surface area contributed by atoms with Crippen LogP contribution in [0.15, 0.2) is 24.3 Å². The Labute approximate surface area is 86.2 Å². The summed E-state index contributed by atoms with van der Waals surface area (Å²) >= 11 is 0. The first-order valence-corrected chi connectivity index (χ1v) is 4.63. The minimum Gasteiger partial charge on any atom is -0.371 e. The maximum absolute atomic E-state index is 2.40. The van der Waals surface area contributed by atoms with E-state index in [-0.39, 0.29) is 12.4 Å². The van der Waals surface area contributed by atoms with Gasteiger partial charge in [-0.05, 0) is 24.5 Å². The second kappa shape index (κ2) is 4.01. The highest BCUT2D eigenvalue weighted by atomic mass is 35.5. The molecule has 2 rings (SSSR count). The van der Waals surface area contributed by atoms with E-state index < -0.39 is 0 Å². The van der Waals surface area contributed by atoms with Crippen LogP contribution in [0.25, 0.3) is 0 Å². The molecule has 1 aromatic carbocycles. The molecule has 2 heteroatoms. The highest BCUT2D eigenvalue weighted by molar-refractivity contribution is 5.85. The average molecular weight is 198 g/mol. The number of para-hydroxylation sites is 1. The lowest BCUT2D eigenvalue weighted by molar-refractivity contribution is 0.643. The van der Waals surface area contributed by atoms with Gasteiger partial charge in [0.2, 0.25) is 0 Å². The molecule has 0 amide bonds. The van der Waals surface area contributed by atoms with E-state index in [1.807, 2.05) is 0 Å². The highest BCUT2D eigenvalue weighted by Crippen LogP contribution is 2.31. The molecular formula is C11H16ClN. The molecule has 13 heavy (non-hydrogen) atoms. The van der Waals surface area contributed by atoms with Gasteiger partial charge in [-0.2, -0.15) is 0 Å². The van der Waals surface area contributed by atoms with E-state index >= 15 is 0 Å². The molecule has 1 aliphatic rings. The van der Waals surface area contributed by atoms with Crippen molar-refractivity contribution in [1.82, 2.24) is 0 Å². The largest absolute Gasteiger partial charge is 0.371 e. The van der Waals surface area contributed by atoms with E-state index in [0.29, 0.717) is 0 Å². The maximum Gasteiger partial charge on any atom is 0.0399 e. The summed E-state index contributed by atoms with van der Waals surface area (Å²) < 4.78 is 0. The molecule has 0 aliphatic carbocycles. The number of benzene rings is 1. The lowest BCUT2D eigenvalue weighted by Gasteiger charge is -2.20. The number of likely N-dealkylation sites (N-methyl/N-ethyl adjacent to an activating group) is 1. The van der Waals surface area contributed by atoms with E-state index in [4.69, 9.17) is 0 Å². The number of halogens is 1. The summed E-state index contributed by atoms with van der Waals surface area (Å²) in [5.74, 6) is 0.